The molecule has 0 amide bonds. The van der Waals surface area contributed by atoms with E-state index in [1.807, 2.05) is 43.3 Å². The van der Waals surface area contributed by atoms with Crippen molar-refractivity contribution in [1.82, 2.24) is 14.5 Å². The zero-order chi connectivity index (χ0) is 23.7. The number of hydrogen-bond acceptors (Lipinski definition) is 5. The van der Waals surface area contributed by atoms with Crippen molar-refractivity contribution in [2.75, 3.05) is 19.6 Å². The lowest BCUT2D eigenvalue weighted by molar-refractivity contribution is 0.0986. The molecule has 174 valence electrons. The van der Waals surface area contributed by atoms with Crippen molar-refractivity contribution in [3.63, 3.8) is 0 Å². The first kappa shape index (κ1) is 22.1. The van der Waals surface area contributed by atoms with Crippen LogP contribution in [-0.2, 0) is 6.54 Å². The highest BCUT2D eigenvalue weighted by Crippen LogP contribution is 2.28. The van der Waals surface area contributed by atoms with Gasteiger partial charge in [-0.3, -0.25) is 10.3 Å². The van der Waals surface area contributed by atoms with E-state index in [1.54, 1.807) is 0 Å². The number of likely N-dealkylation sites (tertiary alicyclic amines) is 1. The topological polar surface area (TPSA) is 104 Å². The number of fused-ring (bicyclic) bond motifs is 2. The molecule has 1 fully saturated rings. The monoisotopic (exact) mass is 454 g/mol. The predicted octanol–water partition coefficient (Wildman–Crippen LogP) is 4.32. The second-order valence-corrected chi connectivity index (χ2v) is 8.97. The van der Waals surface area contributed by atoms with Crippen LogP contribution in [0.4, 0.5) is 0 Å². The van der Waals surface area contributed by atoms with E-state index in [9.17, 15) is 0 Å². The minimum Gasteiger partial charge on any atom is -0.489 e. The molecule has 2 heterocycles. The van der Waals surface area contributed by atoms with Gasteiger partial charge in [0.05, 0.1) is 11.0 Å². The Bertz CT molecular complexity index is 1370. The van der Waals surface area contributed by atoms with Gasteiger partial charge in [0, 0.05) is 37.5 Å². The summed E-state index contributed by atoms with van der Waals surface area (Å²) < 4.78 is 8.59. The van der Waals surface area contributed by atoms with Crippen LogP contribution >= 0.6 is 0 Å². The molecular formula is C27H30N6O. The summed E-state index contributed by atoms with van der Waals surface area (Å²) in [4.78, 5) is 7.05. The molecule has 1 aromatic heterocycles. The average Bonchev–Trinajstić information content (AvgIpc) is 3.14. The van der Waals surface area contributed by atoms with Gasteiger partial charge in [-0.15, -0.1) is 0 Å². The number of imidazole rings is 1. The molecular weight excluding hydrogens is 424 g/mol. The Morgan fingerprint density at radius 2 is 2.00 bits per heavy atom. The maximum Gasteiger partial charge on any atom is 0.123 e. The molecule has 1 aliphatic heterocycles. The van der Waals surface area contributed by atoms with Gasteiger partial charge >= 0.3 is 0 Å². The quantitative estimate of drug-likeness (QED) is 0.286. The van der Waals surface area contributed by atoms with E-state index in [0.717, 1.165) is 70.4 Å². The summed E-state index contributed by atoms with van der Waals surface area (Å²) in [6.45, 7) is 5.25. The molecule has 4 N–H and O–H groups in total. The van der Waals surface area contributed by atoms with Gasteiger partial charge in [0.15, 0.2) is 0 Å². The van der Waals surface area contributed by atoms with E-state index in [4.69, 9.17) is 26.3 Å². The number of ether oxygens (including phenoxy) is 1. The molecule has 0 saturated carbocycles. The number of aryl methyl sites for hydroxylation is 1. The Labute approximate surface area is 199 Å². The molecule has 1 aliphatic rings. The molecule has 1 saturated heterocycles. The number of nitrogens with one attached hydrogen (secondary N) is 2. The third-order valence-corrected chi connectivity index (χ3v) is 6.66. The van der Waals surface area contributed by atoms with Crippen molar-refractivity contribution < 1.29 is 4.74 Å². The van der Waals surface area contributed by atoms with Crippen LogP contribution in [0.25, 0.3) is 21.8 Å². The minimum absolute atomic E-state index is 0.0793. The van der Waals surface area contributed by atoms with Crippen molar-refractivity contribution in [1.29, 1.82) is 10.8 Å². The van der Waals surface area contributed by atoms with E-state index in [2.05, 4.69) is 27.7 Å². The number of benzene rings is 3. The van der Waals surface area contributed by atoms with Crippen molar-refractivity contribution >= 4 is 33.9 Å². The van der Waals surface area contributed by atoms with Crippen molar-refractivity contribution in [3.8, 4) is 5.75 Å². The molecule has 1 atom stereocenters. The fourth-order valence-corrected chi connectivity index (χ4v) is 5.00. The lowest BCUT2D eigenvalue weighted by atomic mass is 9.99. The highest BCUT2D eigenvalue weighted by atomic mass is 16.5. The number of rotatable bonds is 7. The molecule has 3 aromatic carbocycles. The fraction of sp³-hybridized carbons (Fsp3) is 0.296. The molecule has 7 heteroatoms. The molecule has 4 aromatic rings. The summed E-state index contributed by atoms with van der Waals surface area (Å²) in [6, 6.07) is 18.2. The van der Waals surface area contributed by atoms with Crippen LogP contribution in [0.15, 0.2) is 54.6 Å². The largest absolute Gasteiger partial charge is 0.489 e. The smallest absolute Gasteiger partial charge is 0.123 e. The third kappa shape index (κ3) is 4.26. The van der Waals surface area contributed by atoms with Gasteiger partial charge in [-0.05, 0) is 54.8 Å². The lowest BCUT2D eigenvalue weighted by Crippen LogP contribution is -2.41. The van der Waals surface area contributed by atoms with E-state index < -0.39 is 0 Å². The second kappa shape index (κ2) is 9.27. The van der Waals surface area contributed by atoms with Crippen LogP contribution in [0.3, 0.4) is 0 Å². The highest BCUT2D eigenvalue weighted by Gasteiger charge is 2.21. The summed E-state index contributed by atoms with van der Waals surface area (Å²) in [5, 5.41) is 17.4. The Morgan fingerprint density at radius 1 is 1.18 bits per heavy atom. The van der Waals surface area contributed by atoms with Crippen molar-refractivity contribution in [3.05, 3.63) is 71.5 Å². The molecule has 0 radical (unpaired) electrons. The molecule has 0 aliphatic carbocycles. The summed E-state index contributed by atoms with van der Waals surface area (Å²) in [5.74, 6) is 1.88. The third-order valence-electron chi connectivity index (χ3n) is 6.66. The van der Waals surface area contributed by atoms with Gasteiger partial charge in [-0.25, -0.2) is 4.98 Å². The Balaban J connectivity index is 1.47. The molecule has 1 unspecified atom stereocenters. The van der Waals surface area contributed by atoms with Crippen LogP contribution in [0.2, 0.25) is 0 Å². The molecule has 5 rings (SSSR count). The molecule has 0 bridgehead atoms. The number of hydrogen-bond donors (Lipinski definition) is 3. The Morgan fingerprint density at radius 3 is 2.79 bits per heavy atom. The predicted molar refractivity (Wildman–Crippen MR) is 137 cm³/mol. The molecule has 7 nitrogen and oxygen atoms in total. The van der Waals surface area contributed by atoms with E-state index in [-0.39, 0.29) is 11.9 Å². The first-order valence-corrected chi connectivity index (χ1v) is 11.7. The van der Waals surface area contributed by atoms with Crippen LogP contribution < -0.4 is 10.5 Å². The highest BCUT2D eigenvalue weighted by molar-refractivity contribution is 6.08. The number of nitrogen functional groups attached to an aromatic ring is 1. The van der Waals surface area contributed by atoms with Gasteiger partial charge in [-0.2, -0.15) is 0 Å². The number of amidine groups is 1. The van der Waals surface area contributed by atoms with E-state index in [0.29, 0.717) is 13.1 Å². The standard InChI is InChI=1S/C27H30N6O/c1-18-31-25-11-9-20(34-21-5-4-13-32(17-21)14-12-28)15-26(25)33(18)16-19-8-10-24(27(29)30)23-7-3-2-6-22(19)23/h2-3,6-12,15,21,28H,4-5,13-14,16-17H2,1H3,(H3,29,30). The summed E-state index contributed by atoms with van der Waals surface area (Å²) in [5.41, 5.74) is 9.73. The van der Waals surface area contributed by atoms with Crippen molar-refractivity contribution in [2.24, 2.45) is 5.73 Å². The second-order valence-electron chi connectivity index (χ2n) is 8.97. The minimum atomic E-state index is 0.0793. The zero-order valence-corrected chi connectivity index (χ0v) is 19.4. The first-order valence-electron chi connectivity index (χ1n) is 11.7. The first-order chi connectivity index (χ1) is 16.5. The van der Waals surface area contributed by atoms with E-state index in [1.165, 1.54) is 6.21 Å². The molecule has 34 heavy (non-hydrogen) atoms. The van der Waals surface area contributed by atoms with Gasteiger partial charge in [-0.1, -0.05) is 36.4 Å². The summed E-state index contributed by atoms with van der Waals surface area (Å²) >= 11 is 0. The normalized spacial score (nSPS) is 16.7. The zero-order valence-electron chi connectivity index (χ0n) is 19.4. The Hall–Kier alpha value is -3.71. The maximum atomic E-state index is 7.93. The number of piperidine rings is 1. The van der Waals surface area contributed by atoms with E-state index >= 15 is 0 Å². The van der Waals surface area contributed by atoms with Crippen LogP contribution in [0, 0.1) is 17.7 Å². The number of aromatic nitrogens is 2. The van der Waals surface area contributed by atoms with Gasteiger partial charge < -0.3 is 20.4 Å². The Kier molecular flexibility index (Phi) is 6.02. The number of nitrogens with zero attached hydrogens (tertiary/aromatic N) is 3. The van der Waals surface area contributed by atoms with Gasteiger partial charge in [0.1, 0.15) is 23.5 Å². The molecule has 0 spiro atoms. The van der Waals surface area contributed by atoms with Gasteiger partial charge in [0.25, 0.3) is 0 Å². The van der Waals surface area contributed by atoms with Crippen LogP contribution in [-0.4, -0.2) is 52.2 Å². The summed E-state index contributed by atoms with van der Waals surface area (Å²) in [6.07, 6.45) is 3.70. The number of nitrogens with two attached hydrogens (primary N) is 1. The van der Waals surface area contributed by atoms with Crippen LogP contribution in [0.5, 0.6) is 5.75 Å². The SMILES string of the molecule is Cc1nc2ccc(OC3CCCN(CC=N)C3)cc2n1Cc1ccc(C(=N)N)c2ccccc12. The van der Waals surface area contributed by atoms with Crippen LogP contribution in [0.1, 0.15) is 29.8 Å². The maximum absolute atomic E-state index is 7.93. The van der Waals surface area contributed by atoms with Crippen molar-refractivity contribution in [2.45, 2.75) is 32.4 Å². The fourth-order valence-electron chi connectivity index (χ4n) is 5.00. The lowest BCUT2D eigenvalue weighted by Gasteiger charge is -2.31. The van der Waals surface area contributed by atoms with Gasteiger partial charge in [0.2, 0.25) is 0 Å². The summed E-state index contributed by atoms with van der Waals surface area (Å²) in [7, 11) is 0. The average molecular weight is 455 g/mol.